The van der Waals surface area contributed by atoms with E-state index in [2.05, 4.69) is 15.9 Å². The molecule has 2 rings (SSSR count). The molecular weight excluding hydrogens is 259 g/mol. The lowest BCUT2D eigenvalue weighted by molar-refractivity contribution is 1.58. The Labute approximate surface area is 102 Å². The molecule has 0 saturated heterocycles. The molecule has 0 aliphatic rings. The molecule has 0 spiro atoms. The number of hydrogen-bond acceptors (Lipinski definition) is 0. The minimum Gasteiger partial charge on any atom is -0.0843 e. The molecule has 0 saturated carbocycles. The standard InChI is InChI=1S/C12H8BrCl/c13-12-4-2-1-3-11(12)9-5-7-10(14)8-6-9/h1-8H/i1D,2D,3D,4D. The Balaban J connectivity index is 2.75. The van der Waals surface area contributed by atoms with Crippen molar-refractivity contribution in [3.05, 3.63) is 57.9 Å². The van der Waals surface area contributed by atoms with E-state index in [4.69, 9.17) is 17.1 Å². The molecule has 0 bridgehead atoms. The van der Waals surface area contributed by atoms with Crippen LogP contribution in [0.4, 0.5) is 0 Å². The fourth-order valence-electron chi connectivity index (χ4n) is 1.11. The van der Waals surface area contributed by atoms with Gasteiger partial charge >= 0.3 is 0 Å². The quantitative estimate of drug-likeness (QED) is 0.701. The second kappa shape index (κ2) is 4.16. The predicted octanol–water partition coefficient (Wildman–Crippen LogP) is 4.77. The van der Waals surface area contributed by atoms with Gasteiger partial charge in [0.2, 0.25) is 0 Å². The summed E-state index contributed by atoms with van der Waals surface area (Å²) in [5.74, 6) is 0. The minimum absolute atomic E-state index is 0.0646. The fourth-order valence-corrected chi connectivity index (χ4v) is 1.67. The Morgan fingerprint density at radius 2 is 1.71 bits per heavy atom. The summed E-state index contributed by atoms with van der Waals surface area (Å²) >= 11 is 9.03. The van der Waals surface area contributed by atoms with E-state index in [-0.39, 0.29) is 24.2 Å². The molecule has 0 fully saturated rings. The van der Waals surface area contributed by atoms with Crippen molar-refractivity contribution in [3.63, 3.8) is 0 Å². The smallest absolute Gasteiger partial charge is 0.0635 e. The third-order valence-electron chi connectivity index (χ3n) is 1.77. The SMILES string of the molecule is [2H]c1c([2H])c([2H])c(-c2ccc(Cl)cc2)c(Br)c1[2H]. The third-order valence-corrected chi connectivity index (χ3v) is 2.62. The molecule has 0 amide bonds. The first-order chi connectivity index (χ1) is 8.43. The summed E-state index contributed by atoms with van der Waals surface area (Å²) < 4.78 is 31.3. The number of rotatable bonds is 1. The number of halogens is 2. The first kappa shape index (κ1) is 5.94. The Hall–Kier alpha value is -0.790. The van der Waals surface area contributed by atoms with Crippen molar-refractivity contribution in [1.82, 2.24) is 0 Å². The lowest BCUT2D eigenvalue weighted by Crippen LogP contribution is -1.78. The van der Waals surface area contributed by atoms with E-state index in [9.17, 15) is 0 Å². The van der Waals surface area contributed by atoms with Crippen LogP contribution in [-0.4, -0.2) is 0 Å². The van der Waals surface area contributed by atoms with Crippen molar-refractivity contribution in [3.8, 4) is 11.1 Å². The van der Waals surface area contributed by atoms with Gasteiger partial charge in [-0.15, -0.1) is 0 Å². The molecule has 14 heavy (non-hydrogen) atoms. The maximum Gasteiger partial charge on any atom is 0.0635 e. The summed E-state index contributed by atoms with van der Waals surface area (Å²) in [7, 11) is 0. The molecule has 2 aromatic carbocycles. The second-order valence-electron chi connectivity index (χ2n) is 2.70. The van der Waals surface area contributed by atoms with Gasteiger partial charge in [0.15, 0.2) is 0 Å². The van der Waals surface area contributed by atoms with Gasteiger partial charge in [-0.05, 0) is 29.3 Å². The van der Waals surface area contributed by atoms with Crippen LogP contribution in [0.15, 0.2) is 52.9 Å². The Morgan fingerprint density at radius 3 is 2.43 bits per heavy atom. The van der Waals surface area contributed by atoms with Crippen LogP contribution in [0.25, 0.3) is 11.1 Å². The average molecular weight is 272 g/mol. The van der Waals surface area contributed by atoms with Crippen LogP contribution < -0.4 is 0 Å². The summed E-state index contributed by atoms with van der Waals surface area (Å²) in [5, 5.41) is 0.579. The molecule has 0 heterocycles. The van der Waals surface area contributed by atoms with Crippen molar-refractivity contribution < 1.29 is 5.48 Å². The van der Waals surface area contributed by atoms with Crippen LogP contribution in [0.1, 0.15) is 5.48 Å². The monoisotopic (exact) mass is 270 g/mol. The van der Waals surface area contributed by atoms with E-state index in [0.29, 0.717) is 20.6 Å². The van der Waals surface area contributed by atoms with Crippen molar-refractivity contribution >= 4 is 27.5 Å². The summed E-state index contributed by atoms with van der Waals surface area (Å²) in [6, 6.07) is 6.19. The van der Waals surface area contributed by atoms with Gasteiger partial charge in [0.05, 0.1) is 5.48 Å². The van der Waals surface area contributed by atoms with E-state index < -0.39 is 0 Å². The summed E-state index contributed by atoms with van der Waals surface area (Å²) in [6.07, 6.45) is 0. The minimum atomic E-state index is -0.246. The Bertz CT molecular complexity index is 581. The van der Waals surface area contributed by atoms with Gasteiger partial charge in [-0.3, -0.25) is 0 Å². The molecule has 0 unspecified atom stereocenters. The predicted molar refractivity (Wildman–Crippen MR) is 64.6 cm³/mol. The van der Waals surface area contributed by atoms with Crippen LogP contribution in [-0.2, 0) is 0 Å². The first-order valence-corrected chi connectivity index (χ1v) is 5.12. The highest BCUT2D eigenvalue weighted by atomic mass is 79.9. The normalized spacial score (nSPS) is 14.1. The zero-order chi connectivity index (χ0) is 13.4. The van der Waals surface area contributed by atoms with E-state index in [1.165, 1.54) is 0 Å². The molecule has 70 valence electrons. The lowest BCUT2D eigenvalue weighted by Gasteiger charge is -2.03. The maximum atomic E-state index is 7.91. The van der Waals surface area contributed by atoms with Crippen LogP contribution in [0.2, 0.25) is 5.02 Å². The van der Waals surface area contributed by atoms with Crippen LogP contribution in [0.5, 0.6) is 0 Å². The highest BCUT2D eigenvalue weighted by Crippen LogP contribution is 2.28. The lowest BCUT2D eigenvalue weighted by atomic mass is 10.1. The van der Waals surface area contributed by atoms with Crippen LogP contribution in [0.3, 0.4) is 0 Å². The summed E-state index contributed by atoms with van der Waals surface area (Å²) in [6.45, 7) is 0. The topological polar surface area (TPSA) is 0 Å². The van der Waals surface area contributed by atoms with Crippen LogP contribution in [0, 0.1) is 0 Å². The molecule has 0 aliphatic heterocycles. The third kappa shape index (κ3) is 1.99. The Morgan fingerprint density at radius 1 is 1.07 bits per heavy atom. The van der Waals surface area contributed by atoms with E-state index in [1.54, 1.807) is 24.3 Å². The van der Waals surface area contributed by atoms with E-state index in [0.717, 1.165) is 0 Å². The molecule has 0 radical (unpaired) electrons. The molecule has 2 heteroatoms. The van der Waals surface area contributed by atoms with Gasteiger partial charge in [0.1, 0.15) is 0 Å². The summed E-state index contributed by atoms with van der Waals surface area (Å²) in [5.41, 5.74) is 1.14. The highest BCUT2D eigenvalue weighted by molar-refractivity contribution is 9.10. The summed E-state index contributed by atoms with van der Waals surface area (Å²) in [4.78, 5) is 0. The molecule has 2 aromatic rings. The van der Waals surface area contributed by atoms with Crippen molar-refractivity contribution in [2.45, 2.75) is 0 Å². The van der Waals surface area contributed by atoms with Gasteiger partial charge < -0.3 is 0 Å². The number of benzene rings is 2. The average Bonchev–Trinajstić information content (AvgIpc) is 2.36. The maximum absolute atomic E-state index is 7.91. The molecule has 0 aliphatic carbocycles. The molecule has 0 N–H and O–H groups in total. The zero-order valence-corrected chi connectivity index (χ0v) is 9.41. The van der Waals surface area contributed by atoms with E-state index in [1.807, 2.05) is 0 Å². The second-order valence-corrected chi connectivity index (χ2v) is 3.93. The highest BCUT2D eigenvalue weighted by Gasteiger charge is 2.00. The molecular formula is C12H8BrCl. The Kier molecular flexibility index (Phi) is 1.76. The molecule has 0 nitrogen and oxygen atoms in total. The zero-order valence-electron chi connectivity index (χ0n) is 11.1. The van der Waals surface area contributed by atoms with Crippen molar-refractivity contribution in [2.24, 2.45) is 0 Å². The largest absolute Gasteiger partial charge is 0.0843 e. The van der Waals surface area contributed by atoms with Gasteiger partial charge in [-0.2, -0.15) is 0 Å². The molecule has 0 aromatic heterocycles. The van der Waals surface area contributed by atoms with Gasteiger partial charge in [-0.1, -0.05) is 57.8 Å². The van der Waals surface area contributed by atoms with Crippen molar-refractivity contribution in [2.75, 3.05) is 0 Å². The van der Waals surface area contributed by atoms with Crippen molar-refractivity contribution in [1.29, 1.82) is 0 Å². The first-order valence-electron chi connectivity index (χ1n) is 5.95. The van der Waals surface area contributed by atoms with E-state index >= 15 is 0 Å². The fraction of sp³-hybridized carbons (Fsp3) is 0. The van der Waals surface area contributed by atoms with Gasteiger partial charge in [-0.25, -0.2) is 0 Å². The van der Waals surface area contributed by atoms with Gasteiger partial charge in [0.25, 0.3) is 0 Å². The number of hydrogen-bond donors (Lipinski definition) is 0. The van der Waals surface area contributed by atoms with Crippen LogP contribution >= 0.6 is 27.5 Å². The molecule has 0 atom stereocenters. The van der Waals surface area contributed by atoms with Gasteiger partial charge in [0, 0.05) is 9.50 Å².